The normalized spacial score (nSPS) is 13.5. The minimum Gasteiger partial charge on any atom is -0.214 e. The third-order valence-electron chi connectivity index (χ3n) is 6.04. The first-order valence-corrected chi connectivity index (χ1v) is 13.3. The molecule has 0 N–H and O–H groups in total. The van der Waals surface area contributed by atoms with Crippen LogP contribution < -0.4 is 24.8 Å². The maximum Gasteiger partial charge on any atom is -0.172 e. The van der Waals surface area contributed by atoms with Crippen molar-refractivity contribution in [3.8, 4) is 11.1 Å². The Kier molecular flexibility index (Phi) is 11.6. The molecule has 2 aliphatic rings. The summed E-state index contributed by atoms with van der Waals surface area (Å²) in [6, 6.07) is 25.1. The van der Waals surface area contributed by atoms with Gasteiger partial charge in [0.25, 0.3) is 0 Å². The summed E-state index contributed by atoms with van der Waals surface area (Å²) in [6.07, 6.45) is 5.44. The van der Waals surface area contributed by atoms with Crippen molar-refractivity contribution in [2.75, 3.05) is 0 Å². The van der Waals surface area contributed by atoms with Crippen molar-refractivity contribution in [2.45, 2.75) is 78.1 Å². The van der Waals surface area contributed by atoms with Gasteiger partial charge in [0.2, 0.25) is 0 Å². The molecule has 2 aliphatic carbocycles. The summed E-state index contributed by atoms with van der Waals surface area (Å²) in [5, 5.41) is 0. The molecular formula is C30H36Cl2Hf-2. The molecule has 1 fully saturated rings. The van der Waals surface area contributed by atoms with Gasteiger partial charge in [0.1, 0.15) is 0 Å². The monoisotopic (exact) mass is 646 g/mol. The summed E-state index contributed by atoms with van der Waals surface area (Å²) in [5.41, 5.74) is 8.76. The molecule has 0 aromatic heterocycles. The minimum atomic E-state index is 0. The molecule has 3 aromatic rings. The van der Waals surface area contributed by atoms with Crippen molar-refractivity contribution < 1.29 is 48.7 Å². The SMILES string of the molecule is CC(C)(C)c1c[c-]c2c(c1)-c1cc(C(C)(C)C)ccc1C2.[Cl-].[Cl-].[Hf+2]=[C]1CCC1.c1cc[cH-]c1. The van der Waals surface area contributed by atoms with Crippen molar-refractivity contribution in [2.24, 2.45) is 0 Å². The summed E-state index contributed by atoms with van der Waals surface area (Å²) in [7, 11) is 0. The van der Waals surface area contributed by atoms with Gasteiger partial charge >= 0.3 is 46.4 Å². The van der Waals surface area contributed by atoms with E-state index < -0.39 is 0 Å². The van der Waals surface area contributed by atoms with Crippen LogP contribution in [0.2, 0.25) is 0 Å². The van der Waals surface area contributed by atoms with Gasteiger partial charge in [-0.2, -0.15) is 47.5 Å². The van der Waals surface area contributed by atoms with Gasteiger partial charge in [-0.05, 0) is 17.4 Å². The van der Waals surface area contributed by atoms with Crippen LogP contribution in [0.1, 0.15) is 83.1 Å². The summed E-state index contributed by atoms with van der Waals surface area (Å²) < 4.78 is 1.82. The van der Waals surface area contributed by atoms with Crippen LogP contribution in [-0.4, -0.2) is 3.26 Å². The predicted octanol–water partition coefficient (Wildman–Crippen LogP) is 1.96. The zero-order valence-corrected chi connectivity index (χ0v) is 26.0. The average Bonchev–Trinajstić information content (AvgIpc) is 3.36. The summed E-state index contributed by atoms with van der Waals surface area (Å²) in [4.78, 5) is 0. The second-order valence-electron chi connectivity index (χ2n) is 10.7. The Morgan fingerprint density at radius 2 is 1.36 bits per heavy atom. The fourth-order valence-corrected chi connectivity index (χ4v) is 4.93. The van der Waals surface area contributed by atoms with Crippen molar-refractivity contribution in [3.63, 3.8) is 0 Å². The molecule has 0 unspecified atom stereocenters. The Hall–Kier alpha value is -0.890. The summed E-state index contributed by atoms with van der Waals surface area (Å²) >= 11 is 1.37. The Balaban J connectivity index is 0.000000375. The van der Waals surface area contributed by atoms with Crippen molar-refractivity contribution >= 4 is 3.26 Å². The van der Waals surface area contributed by atoms with Gasteiger partial charge in [-0.3, -0.25) is 0 Å². The molecule has 0 bridgehead atoms. The number of benzene rings is 2. The van der Waals surface area contributed by atoms with Crippen LogP contribution in [0, 0.1) is 6.07 Å². The quantitative estimate of drug-likeness (QED) is 0.203. The van der Waals surface area contributed by atoms with E-state index in [0.717, 1.165) is 6.42 Å². The largest absolute Gasteiger partial charge is 0.214 e. The van der Waals surface area contributed by atoms with Gasteiger partial charge < -0.3 is 24.8 Å². The fraction of sp³-hybridized carbons (Fsp3) is 0.400. The van der Waals surface area contributed by atoms with Gasteiger partial charge in [-0.25, -0.2) is 12.1 Å². The standard InChI is InChI=1S/C21H25.C5H5.C4H6.2ClH.Hf/c1-20(2,3)16-9-7-14-11-15-8-10-17(21(4,5)6)13-19(15)18(14)12-16;1-2-4-5-3-1;1-2-4-3-1;;;/h7,9-10,12-13H,11H2,1-6H3;1-5H;1-3H2;2*1H;/q2*-1;;;;+2/p-2. The molecule has 0 saturated heterocycles. The van der Waals surface area contributed by atoms with E-state index in [1.807, 2.05) is 33.6 Å². The molecule has 0 aliphatic heterocycles. The van der Waals surface area contributed by atoms with Crippen LogP contribution in [0.5, 0.6) is 0 Å². The van der Waals surface area contributed by atoms with E-state index in [0.29, 0.717) is 0 Å². The molecule has 0 amide bonds. The third kappa shape index (κ3) is 8.37. The number of hydrogen-bond acceptors (Lipinski definition) is 0. The topological polar surface area (TPSA) is 0 Å². The average molecular weight is 646 g/mol. The first-order valence-electron chi connectivity index (χ1n) is 11.5. The van der Waals surface area contributed by atoms with E-state index in [2.05, 4.69) is 77.9 Å². The molecule has 0 heterocycles. The maximum absolute atomic E-state index is 3.53. The van der Waals surface area contributed by atoms with Crippen LogP contribution in [0.3, 0.4) is 0 Å². The summed E-state index contributed by atoms with van der Waals surface area (Å²) in [5.74, 6) is 0. The molecule has 176 valence electrons. The third-order valence-corrected chi connectivity index (χ3v) is 7.84. The zero-order valence-electron chi connectivity index (χ0n) is 20.9. The van der Waals surface area contributed by atoms with E-state index in [1.54, 1.807) is 0 Å². The number of rotatable bonds is 0. The van der Waals surface area contributed by atoms with Crippen LogP contribution in [0.4, 0.5) is 0 Å². The van der Waals surface area contributed by atoms with Gasteiger partial charge in [-0.1, -0.05) is 76.3 Å². The van der Waals surface area contributed by atoms with Crippen LogP contribution >= 0.6 is 0 Å². The molecule has 0 radical (unpaired) electrons. The van der Waals surface area contributed by atoms with E-state index in [9.17, 15) is 0 Å². The van der Waals surface area contributed by atoms with Crippen LogP contribution in [0.15, 0.2) is 60.7 Å². The van der Waals surface area contributed by atoms with Crippen LogP contribution in [-0.2, 0) is 41.1 Å². The number of halogens is 2. The molecule has 0 spiro atoms. The molecule has 5 rings (SSSR count). The molecule has 0 nitrogen and oxygen atoms in total. The van der Waals surface area contributed by atoms with E-state index in [4.69, 9.17) is 0 Å². The van der Waals surface area contributed by atoms with Gasteiger partial charge in [0.05, 0.1) is 0 Å². The van der Waals surface area contributed by atoms with Crippen LogP contribution in [0.25, 0.3) is 11.1 Å². The molecular weight excluding hydrogens is 610 g/mol. The number of fused-ring (bicyclic) bond motifs is 3. The second kappa shape index (κ2) is 12.7. The molecule has 33 heavy (non-hydrogen) atoms. The maximum atomic E-state index is 3.53. The Morgan fingerprint density at radius 1 is 0.818 bits per heavy atom. The number of hydrogen-bond donors (Lipinski definition) is 0. The van der Waals surface area contributed by atoms with Gasteiger partial charge in [0.15, 0.2) is 0 Å². The smallest absolute Gasteiger partial charge is 0.172 e. The Labute approximate surface area is 228 Å². The first-order chi connectivity index (χ1) is 14.6. The second-order valence-corrected chi connectivity index (χ2v) is 13.3. The Bertz CT molecular complexity index is 934. The Morgan fingerprint density at radius 3 is 1.79 bits per heavy atom. The molecule has 1 saturated carbocycles. The van der Waals surface area contributed by atoms with Crippen molar-refractivity contribution in [1.29, 1.82) is 0 Å². The first kappa shape index (κ1) is 30.1. The zero-order chi connectivity index (χ0) is 22.6. The fourth-order valence-electron chi connectivity index (χ4n) is 3.66. The molecule has 3 aromatic carbocycles. The predicted molar refractivity (Wildman–Crippen MR) is 132 cm³/mol. The molecule has 0 atom stereocenters. The summed E-state index contributed by atoms with van der Waals surface area (Å²) in [6.45, 7) is 13.6. The van der Waals surface area contributed by atoms with Gasteiger partial charge in [-0.15, -0.1) is 5.56 Å². The van der Waals surface area contributed by atoms with Gasteiger partial charge in [0, 0.05) is 0 Å². The van der Waals surface area contributed by atoms with Crippen molar-refractivity contribution in [1.82, 2.24) is 0 Å². The van der Waals surface area contributed by atoms with Crippen molar-refractivity contribution in [3.05, 3.63) is 89.0 Å². The van der Waals surface area contributed by atoms with E-state index in [-0.39, 0.29) is 35.6 Å². The van der Waals surface area contributed by atoms with E-state index >= 15 is 0 Å². The minimum absolute atomic E-state index is 0. The van der Waals surface area contributed by atoms with E-state index in [1.165, 1.54) is 76.5 Å². The molecule has 3 heteroatoms.